The van der Waals surface area contributed by atoms with E-state index >= 15 is 0 Å². The number of amides is 1. The third kappa shape index (κ3) is 4.67. The zero-order valence-electron chi connectivity index (χ0n) is 12.9. The van der Waals surface area contributed by atoms with E-state index in [0.717, 1.165) is 19.6 Å². The topological polar surface area (TPSA) is 70.2 Å². The normalized spacial score (nSPS) is 17.2. The molecule has 1 unspecified atom stereocenters. The number of rotatable bonds is 6. The number of aromatic nitrogens is 2. The Morgan fingerprint density at radius 1 is 1.29 bits per heavy atom. The van der Waals surface area contributed by atoms with Crippen molar-refractivity contribution in [2.75, 3.05) is 31.5 Å². The van der Waals surface area contributed by atoms with Crippen LogP contribution in [-0.4, -0.2) is 53.0 Å². The van der Waals surface area contributed by atoms with Gasteiger partial charge in [0.2, 0.25) is 0 Å². The van der Waals surface area contributed by atoms with Crippen molar-refractivity contribution in [1.29, 1.82) is 0 Å². The molecule has 2 rings (SSSR count). The van der Waals surface area contributed by atoms with E-state index in [1.54, 1.807) is 6.20 Å². The van der Waals surface area contributed by atoms with Crippen LogP contribution in [0.2, 0.25) is 0 Å². The molecule has 1 aliphatic heterocycles. The van der Waals surface area contributed by atoms with Gasteiger partial charge in [-0.3, -0.25) is 9.69 Å². The zero-order valence-corrected chi connectivity index (χ0v) is 12.9. The molecule has 1 aliphatic rings. The van der Waals surface area contributed by atoms with Crippen molar-refractivity contribution in [3.63, 3.8) is 0 Å². The molecule has 0 bridgehead atoms. The Hall–Kier alpha value is -1.69. The lowest BCUT2D eigenvalue weighted by molar-refractivity contribution is 0.0924. The van der Waals surface area contributed by atoms with Crippen LogP contribution in [0.25, 0.3) is 0 Å². The van der Waals surface area contributed by atoms with E-state index < -0.39 is 0 Å². The average molecular weight is 291 g/mol. The number of anilines is 1. The van der Waals surface area contributed by atoms with E-state index in [-0.39, 0.29) is 5.91 Å². The third-order valence-corrected chi connectivity index (χ3v) is 3.81. The van der Waals surface area contributed by atoms with Crippen molar-refractivity contribution >= 4 is 11.7 Å². The Kier molecular flexibility index (Phi) is 5.92. The first kappa shape index (κ1) is 15.7. The van der Waals surface area contributed by atoms with Crippen LogP contribution >= 0.6 is 0 Å². The number of likely N-dealkylation sites (tertiary alicyclic amines) is 1. The van der Waals surface area contributed by atoms with Gasteiger partial charge in [0.1, 0.15) is 11.5 Å². The fourth-order valence-electron chi connectivity index (χ4n) is 2.54. The van der Waals surface area contributed by atoms with Crippen molar-refractivity contribution in [2.24, 2.45) is 0 Å². The molecule has 6 heteroatoms. The number of nitrogens with one attached hydrogen (secondary N) is 2. The van der Waals surface area contributed by atoms with Crippen molar-refractivity contribution in [3.05, 3.63) is 18.1 Å². The highest BCUT2D eigenvalue weighted by molar-refractivity contribution is 5.92. The zero-order chi connectivity index (χ0) is 15.1. The van der Waals surface area contributed by atoms with Gasteiger partial charge in [-0.15, -0.1) is 0 Å². The van der Waals surface area contributed by atoms with Gasteiger partial charge in [-0.1, -0.05) is 6.42 Å². The standard InChI is InChI=1S/C15H25N5O/c1-3-16-14-11-17-13(10-18-14)15(21)19-9-12(2)20-7-5-4-6-8-20/h10-12H,3-9H2,1-2H3,(H,16,18)(H,19,21). The molecule has 6 nitrogen and oxygen atoms in total. The maximum atomic E-state index is 12.0. The number of hydrogen-bond acceptors (Lipinski definition) is 5. The molecule has 0 aliphatic carbocycles. The monoisotopic (exact) mass is 291 g/mol. The highest BCUT2D eigenvalue weighted by Gasteiger charge is 2.17. The Labute approximate surface area is 126 Å². The van der Waals surface area contributed by atoms with Crippen LogP contribution in [0.4, 0.5) is 5.82 Å². The summed E-state index contributed by atoms with van der Waals surface area (Å²) in [4.78, 5) is 22.8. The summed E-state index contributed by atoms with van der Waals surface area (Å²) in [5, 5.41) is 6.00. The van der Waals surface area contributed by atoms with E-state index in [0.29, 0.717) is 24.1 Å². The number of carbonyl (C=O) groups excluding carboxylic acids is 1. The molecule has 1 aromatic heterocycles. The lowest BCUT2D eigenvalue weighted by Crippen LogP contribution is -2.44. The number of hydrogen-bond donors (Lipinski definition) is 2. The van der Waals surface area contributed by atoms with E-state index in [2.05, 4.69) is 32.4 Å². The lowest BCUT2D eigenvalue weighted by Gasteiger charge is -2.32. The summed E-state index contributed by atoms with van der Waals surface area (Å²) in [5.74, 6) is 0.533. The molecule has 1 aromatic rings. The molecular formula is C15H25N5O. The minimum atomic E-state index is -0.158. The second kappa shape index (κ2) is 7.93. The average Bonchev–Trinajstić information content (AvgIpc) is 2.54. The Morgan fingerprint density at radius 3 is 2.67 bits per heavy atom. The van der Waals surface area contributed by atoms with Gasteiger partial charge < -0.3 is 10.6 Å². The fraction of sp³-hybridized carbons (Fsp3) is 0.667. The van der Waals surface area contributed by atoms with Gasteiger partial charge in [-0.2, -0.15) is 0 Å². The highest BCUT2D eigenvalue weighted by Crippen LogP contribution is 2.11. The summed E-state index contributed by atoms with van der Waals surface area (Å²) in [6.07, 6.45) is 6.94. The first-order valence-corrected chi connectivity index (χ1v) is 7.79. The molecule has 116 valence electrons. The second-order valence-corrected chi connectivity index (χ2v) is 5.47. The number of nitrogens with zero attached hydrogens (tertiary/aromatic N) is 3. The third-order valence-electron chi connectivity index (χ3n) is 3.81. The molecule has 0 spiro atoms. The maximum absolute atomic E-state index is 12.0. The summed E-state index contributed by atoms with van der Waals surface area (Å²) >= 11 is 0. The first-order chi connectivity index (χ1) is 10.2. The summed E-state index contributed by atoms with van der Waals surface area (Å²) in [6, 6.07) is 0.364. The van der Waals surface area contributed by atoms with E-state index in [9.17, 15) is 4.79 Å². The molecule has 2 N–H and O–H groups in total. The number of piperidine rings is 1. The Bertz CT molecular complexity index is 442. The number of carbonyl (C=O) groups is 1. The Morgan fingerprint density at radius 2 is 2.05 bits per heavy atom. The van der Waals surface area contributed by atoms with Crippen LogP contribution in [0.3, 0.4) is 0 Å². The molecule has 21 heavy (non-hydrogen) atoms. The van der Waals surface area contributed by atoms with Gasteiger partial charge in [-0.25, -0.2) is 9.97 Å². The molecule has 0 aromatic carbocycles. The summed E-state index contributed by atoms with van der Waals surface area (Å²) in [7, 11) is 0. The van der Waals surface area contributed by atoms with Crippen molar-refractivity contribution in [2.45, 2.75) is 39.2 Å². The molecule has 0 radical (unpaired) electrons. The molecule has 1 amide bonds. The summed E-state index contributed by atoms with van der Waals surface area (Å²) in [5.41, 5.74) is 0.363. The van der Waals surface area contributed by atoms with Crippen molar-refractivity contribution < 1.29 is 4.79 Å². The summed E-state index contributed by atoms with van der Waals surface area (Å²) < 4.78 is 0. The minimum Gasteiger partial charge on any atom is -0.369 e. The largest absolute Gasteiger partial charge is 0.369 e. The highest BCUT2D eigenvalue weighted by atomic mass is 16.1. The van der Waals surface area contributed by atoms with Crippen LogP contribution in [0, 0.1) is 0 Å². The maximum Gasteiger partial charge on any atom is 0.271 e. The lowest BCUT2D eigenvalue weighted by atomic mass is 10.1. The first-order valence-electron chi connectivity index (χ1n) is 7.79. The van der Waals surface area contributed by atoms with Gasteiger partial charge in [-0.05, 0) is 39.8 Å². The van der Waals surface area contributed by atoms with Gasteiger partial charge in [0.05, 0.1) is 12.4 Å². The van der Waals surface area contributed by atoms with Crippen LogP contribution in [0.1, 0.15) is 43.6 Å². The van der Waals surface area contributed by atoms with Crippen LogP contribution in [-0.2, 0) is 0 Å². The molecule has 1 fully saturated rings. The van der Waals surface area contributed by atoms with Crippen LogP contribution in [0.5, 0.6) is 0 Å². The van der Waals surface area contributed by atoms with E-state index in [1.807, 2.05) is 6.92 Å². The van der Waals surface area contributed by atoms with Gasteiger partial charge in [0, 0.05) is 19.1 Å². The molecular weight excluding hydrogens is 266 g/mol. The second-order valence-electron chi connectivity index (χ2n) is 5.47. The van der Waals surface area contributed by atoms with Gasteiger partial charge in [0.15, 0.2) is 0 Å². The smallest absolute Gasteiger partial charge is 0.271 e. The SMILES string of the molecule is CCNc1cnc(C(=O)NCC(C)N2CCCCC2)cn1. The quantitative estimate of drug-likeness (QED) is 0.831. The minimum absolute atomic E-state index is 0.158. The van der Waals surface area contributed by atoms with Crippen LogP contribution < -0.4 is 10.6 Å². The molecule has 0 saturated carbocycles. The van der Waals surface area contributed by atoms with E-state index in [1.165, 1.54) is 25.5 Å². The predicted molar refractivity (Wildman–Crippen MR) is 83.4 cm³/mol. The van der Waals surface area contributed by atoms with Gasteiger partial charge >= 0.3 is 0 Å². The molecule has 1 atom stereocenters. The summed E-state index contributed by atoms with van der Waals surface area (Å²) in [6.45, 7) is 7.85. The van der Waals surface area contributed by atoms with Gasteiger partial charge in [0.25, 0.3) is 5.91 Å². The van der Waals surface area contributed by atoms with Crippen molar-refractivity contribution in [3.8, 4) is 0 Å². The Balaban J connectivity index is 1.80. The predicted octanol–water partition coefficient (Wildman–Crippen LogP) is 1.51. The molecule has 1 saturated heterocycles. The van der Waals surface area contributed by atoms with Crippen LogP contribution in [0.15, 0.2) is 12.4 Å². The fourth-order valence-corrected chi connectivity index (χ4v) is 2.54. The van der Waals surface area contributed by atoms with Crippen molar-refractivity contribution in [1.82, 2.24) is 20.2 Å². The van der Waals surface area contributed by atoms with E-state index in [4.69, 9.17) is 0 Å². The molecule has 2 heterocycles.